The number of ether oxygens (including phenoxy) is 2. The summed E-state index contributed by atoms with van der Waals surface area (Å²) in [4.78, 5) is 38.3. The van der Waals surface area contributed by atoms with Gasteiger partial charge in [-0.15, -0.1) is 0 Å². The van der Waals surface area contributed by atoms with Crippen molar-refractivity contribution in [3.8, 4) is 5.75 Å². The normalized spacial score (nSPS) is 13.9. The molecule has 1 atom stereocenters. The van der Waals surface area contributed by atoms with Gasteiger partial charge in [-0.2, -0.15) is 0 Å². The second-order valence-electron chi connectivity index (χ2n) is 7.57. The molecule has 2 aromatic carbocycles. The Kier molecular flexibility index (Phi) is 5.81. The van der Waals surface area contributed by atoms with E-state index in [1.807, 2.05) is 12.1 Å². The van der Waals surface area contributed by atoms with Gasteiger partial charge in [-0.3, -0.25) is 9.59 Å². The highest BCUT2D eigenvalue weighted by Crippen LogP contribution is 2.30. The molecule has 3 aromatic rings. The van der Waals surface area contributed by atoms with Crippen LogP contribution in [0.2, 0.25) is 0 Å². The van der Waals surface area contributed by atoms with E-state index in [2.05, 4.69) is 0 Å². The lowest BCUT2D eigenvalue weighted by molar-refractivity contribution is -0.140. The van der Waals surface area contributed by atoms with Crippen molar-refractivity contribution in [1.82, 2.24) is 0 Å². The molecule has 0 radical (unpaired) electrons. The third kappa shape index (κ3) is 4.14. The number of fused-ring (bicyclic) bond motifs is 2. The number of carbonyl (C=O) groups is 3. The third-order valence-electron chi connectivity index (χ3n) is 5.43. The van der Waals surface area contributed by atoms with E-state index in [4.69, 9.17) is 13.9 Å². The standard InChI is InChI=1S/C25H23NO6/c1-15(24(29)18-7-9-21-17(13-18)11-12-26(21)16(2)27)31-23(28)10-8-20-14-19-5-4-6-22(30-3)25(19)32-20/h4-10,13-15H,11-12H2,1-3H3/b10-8+. The molecule has 1 aliphatic rings. The Hall–Kier alpha value is -3.87. The average Bonchev–Trinajstić information content (AvgIpc) is 3.40. The van der Waals surface area contributed by atoms with E-state index in [1.54, 1.807) is 42.3 Å². The topological polar surface area (TPSA) is 86.0 Å². The lowest BCUT2D eigenvalue weighted by Gasteiger charge is -2.15. The maximum Gasteiger partial charge on any atom is 0.331 e. The van der Waals surface area contributed by atoms with Crippen LogP contribution < -0.4 is 9.64 Å². The Morgan fingerprint density at radius 2 is 1.97 bits per heavy atom. The predicted octanol–water partition coefficient (Wildman–Crippen LogP) is 4.18. The van der Waals surface area contributed by atoms with E-state index in [1.165, 1.54) is 26.0 Å². The predicted molar refractivity (Wildman–Crippen MR) is 120 cm³/mol. The number of para-hydroxylation sites is 1. The molecule has 0 bridgehead atoms. The molecule has 7 nitrogen and oxygen atoms in total. The van der Waals surface area contributed by atoms with Crippen molar-refractivity contribution in [2.75, 3.05) is 18.6 Å². The van der Waals surface area contributed by atoms with Crippen LogP contribution in [-0.2, 0) is 20.7 Å². The van der Waals surface area contributed by atoms with Crippen LogP contribution in [0.1, 0.15) is 35.5 Å². The van der Waals surface area contributed by atoms with Crippen molar-refractivity contribution in [1.29, 1.82) is 0 Å². The first kappa shape index (κ1) is 21.4. The van der Waals surface area contributed by atoms with Crippen LogP contribution in [0.15, 0.2) is 53.0 Å². The van der Waals surface area contributed by atoms with E-state index < -0.39 is 12.1 Å². The average molecular weight is 433 g/mol. The molecule has 1 unspecified atom stereocenters. The van der Waals surface area contributed by atoms with E-state index >= 15 is 0 Å². The minimum absolute atomic E-state index is 0.0280. The van der Waals surface area contributed by atoms with Crippen molar-refractivity contribution < 1.29 is 28.3 Å². The highest BCUT2D eigenvalue weighted by atomic mass is 16.5. The molecule has 0 fully saturated rings. The molecule has 1 aromatic heterocycles. The van der Waals surface area contributed by atoms with E-state index in [9.17, 15) is 14.4 Å². The number of rotatable bonds is 6. The fourth-order valence-electron chi connectivity index (χ4n) is 3.83. The van der Waals surface area contributed by atoms with Crippen LogP contribution in [0.25, 0.3) is 17.0 Å². The zero-order chi connectivity index (χ0) is 22.8. The molecule has 0 N–H and O–H groups in total. The molecule has 0 saturated carbocycles. The van der Waals surface area contributed by atoms with Crippen molar-refractivity contribution >= 4 is 40.4 Å². The number of esters is 1. The van der Waals surface area contributed by atoms with Crippen molar-refractivity contribution in [3.63, 3.8) is 0 Å². The first-order chi connectivity index (χ1) is 15.4. The summed E-state index contributed by atoms with van der Waals surface area (Å²) < 4.78 is 16.3. The second kappa shape index (κ2) is 8.70. The molecular weight excluding hydrogens is 410 g/mol. The highest BCUT2D eigenvalue weighted by Gasteiger charge is 2.25. The van der Waals surface area contributed by atoms with Gasteiger partial charge in [-0.1, -0.05) is 12.1 Å². The van der Waals surface area contributed by atoms with Gasteiger partial charge in [0.1, 0.15) is 5.76 Å². The molecule has 1 aliphatic heterocycles. The number of benzene rings is 2. The van der Waals surface area contributed by atoms with Crippen LogP contribution >= 0.6 is 0 Å². The summed E-state index contributed by atoms with van der Waals surface area (Å²) in [6.07, 6.45) is 2.45. The van der Waals surface area contributed by atoms with Gasteiger partial charge in [0.2, 0.25) is 11.7 Å². The molecule has 164 valence electrons. The van der Waals surface area contributed by atoms with E-state index in [0.29, 0.717) is 35.6 Å². The number of Topliss-reactive ketones (excluding diaryl/α,β-unsaturated/α-hetero) is 1. The minimum atomic E-state index is -0.953. The summed E-state index contributed by atoms with van der Waals surface area (Å²) in [7, 11) is 1.56. The summed E-state index contributed by atoms with van der Waals surface area (Å²) in [6.45, 7) is 3.66. The van der Waals surface area contributed by atoms with Gasteiger partial charge in [-0.25, -0.2) is 4.79 Å². The summed E-state index contributed by atoms with van der Waals surface area (Å²) in [6, 6.07) is 12.5. The Morgan fingerprint density at radius 1 is 1.16 bits per heavy atom. The molecule has 7 heteroatoms. The Morgan fingerprint density at radius 3 is 2.72 bits per heavy atom. The highest BCUT2D eigenvalue weighted by molar-refractivity contribution is 6.02. The molecular formula is C25H23NO6. The van der Waals surface area contributed by atoms with Gasteiger partial charge in [0.05, 0.1) is 7.11 Å². The lowest BCUT2D eigenvalue weighted by Crippen LogP contribution is -2.26. The number of furan rings is 1. The summed E-state index contributed by atoms with van der Waals surface area (Å²) in [5.41, 5.74) is 2.79. The minimum Gasteiger partial charge on any atom is -0.493 e. The number of methoxy groups -OCH3 is 1. The quantitative estimate of drug-likeness (QED) is 0.329. The fourth-order valence-corrected chi connectivity index (χ4v) is 3.83. The maximum absolute atomic E-state index is 12.7. The number of hydrogen-bond donors (Lipinski definition) is 0. The number of carbonyl (C=O) groups excluding carboxylic acids is 3. The number of ketones is 1. The van der Waals surface area contributed by atoms with Crippen LogP contribution in [0, 0.1) is 0 Å². The first-order valence-electron chi connectivity index (χ1n) is 10.3. The fraction of sp³-hybridized carbons (Fsp3) is 0.240. The Bertz CT molecular complexity index is 1240. The zero-order valence-electron chi connectivity index (χ0n) is 18.1. The number of hydrogen-bond acceptors (Lipinski definition) is 6. The first-order valence-corrected chi connectivity index (χ1v) is 10.3. The third-order valence-corrected chi connectivity index (χ3v) is 5.43. The Balaban J connectivity index is 1.41. The molecule has 32 heavy (non-hydrogen) atoms. The van der Waals surface area contributed by atoms with Gasteiger partial charge in [0.15, 0.2) is 17.4 Å². The Labute approximate surface area is 185 Å². The van der Waals surface area contributed by atoms with Crippen molar-refractivity contribution in [2.45, 2.75) is 26.4 Å². The smallest absolute Gasteiger partial charge is 0.331 e. The molecule has 2 heterocycles. The number of nitrogens with zero attached hydrogens (tertiary/aromatic N) is 1. The van der Waals surface area contributed by atoms with Gasteiger partial charge < -0.3 is 18.8 Å². The molecule has 0 saturated heterocycles. The van der Waals surface area contributed by atoms with Crippen LogP contribution in [0.5, 0.6) is 5.75 Å². The van der Waals surface area contributed by atoms with Crippen LogP contribution in [0.3, 0.4) is 0 Å². The van der Waals surface area contributed by atoms with Gasteiger partial charge >= 0.3 is 5.97 Å². The van der Waals surface area contributed by atoms with E-state index in [-0.39, 0.29) is 11.7 Å². The molecule has 4 rings (SSSR count). The van der Waals surface area contributed by atoms with Gasteiger partial charge in [0, 0.05) is 36.2 Å². The summed E-state index contributed by atoms with van der Waals surface area (Å²) in [5.74, 6) is 0.0880. The monoisotopic (exact) mass is 433 g/mol. The number of anilines is 1. The van der Waals surface area contributed by atoms with Gasteiger partial charge in [-0.05, 0) is 55.3 Å². The van der Waals surface area contributed by atoms with Crippen LogP contribution in [-0.4, -0.2) is 37.4 Å². The number of amides is 1. The largest absolute Gasteiger partial charge is 0.493 e. The molecule has 0 aliphatic carbocycles. The van der Waals surface area contributed by atoms with Crippen molar-refractivity contribution in [2.24, 2.45) is 0 Å². The SMILES string of the molecule is COc1cccc2cc(/C=C/C(=O)OC(C)C(=O)c3ccc4c(c3)CCN4C(C)=O)oc12. The summed E-state index contributed by atoms with van der Waals surface area (Å²) in [5, 5.41) is 0.848. The second-order valence-corrected chi connectivity index (χ2v) is 7.57. The van der Waals surface area contributed by atoms with Gasteiger partial charge in [0.25, 0.3) is 0 Å². The van der Waals surface area contributed by atoms with E-state index in [0.717, 1.165) is 16.6 Å². The lowest BCUT2D eigenvalue weighted by atomic mass is 10.0. The summed E-state index contributed by atoms with van der Waals surface area (Å²) >= 11 is 0. The van der Waals surface area contributed by atoms with Crippen LogP contribution in [0.4, 0.5) is 5.69 Å². The maximum atomic E-state index is 12.7. The molecule has 0 spiro atoms. The zero-order valence-corrected chi connectivity index (χ0v) is 18.1. The molecule has 1 amide bonds. The van der Waals surface area contributed by atoms with Crippen molar-refractivity contribution in [3.05, 3.63) is 65.4 Å².